The number of hydrogen-bond acceptors (Lipinski definition) is 7. The van der Waals surface area contributed by atoms with Gasteiger partial charge in [-0.05, 0) is 12.1 Å². The number of tetrazole rings is 1. The Balaban J connectivity index is 1.49. The summed E-state index contributed by atoms with van der Waals surface area (Å²) in [5, 5.41) is 25.7. The summed E-state index contributed by atoms with van der Waals surface area (Å²) in [6.45, 7) is 2.30. The van der Waals surface area contributed by atoms with Crippen molar-refractivity contribution in [2.45, 2.75) is 19.9 Å². The first-order valence-electron chi connectivity index (χ1n) is 7.80. The van der Waals surface area contributed by atoms with Crippen LogP contribution in [0.3, 0.4) is 0 Å². The van der Waals surface area contributed by atoms with Crippen molar-refractivity contribution in [1.82, 2.24) is 30.5 Å². The Morgan fingerprint density at radius 1 is 1.27 bits per heavy atom. The molecule has 1 amide bonds. The number of carbonyl (C=O) groups excluding carboxylic acids is 1. The molecule has 134 valence electrons. The summed E-state index contributed by atoms with van der Waals surface area (Å²) in [6.07, 6.45) is 0.461. The topological polar surface area (TPSA) is 123 Å². The van der Waals surface area contributed by atoms with Crippen LogP contribution in [0, 0.1) is 6.92 Å². The largest absolute Gasteiger partial charge is 0.476 e. The van der Waals surface area contributed by atoms with Gasteiger partial charge in [-0.15, -0.1) is 21.5 Å². The van der Waals surface area contributed by atoms with E-state index in [9.17, 15) is 9.59 Å². The van der Waals surface area contributed by atoms with Crippen LogP contribution < -0.4 is 5.32 Å². The third kappa shape index (κ3) is 4.48. The number of carbonyl (C=O) groups is 2. The van der Waals surface area contributed by atoms with Crippen molar-refractivity contribution < 1.29 is 14.7 Å². The highest BCUT2D eigenvalue weighted by molar-refractivity contribution is 7.09. The van der Waals surface area contributed by atoms with Crippen LogP contribution in [0.15, 0.2) is 29.6 Å². The molecule has 0 saturated carbocycles. The van der Waals surface area contributed by atoms with Crippen molar-refractivity contribution in [3.63, 3.8) is 0 Å². The van der Waals surface area contributed by atoms with Gasteiger partial charge in [0.15, 0.2) is 5.69 Å². The van der Waals surface area contributed by atoms with E-state index >= 15 is 0 Å². The van der Waals surface area contributed by atoms with Gasteiger partial charge in [-0.25, -0.2) is 9.78 Å². The maximum absolute atomic E-state index is 12.0. The number of aryl methyl sites for hydroxylation is 1. The maximum atomic E-state index is 12.0. The summed E-state index contributed by atoms with van der Waals surface area (Å²) >= 11 is 1.25. The highest BCUT2D eigenvalue weighted by Gasteiger charge is 2.11. The molecule has 2 aromatic heterocycles. The van der Waals surface area contributed by atoms with Gasteiger partial charge in [-0.3, -0.25) is 4.79 Å². The molecule has 0 aliphatic heterocycles. The zero-order valence-corrected chi connectivity index (χ0v) is 14.7. The van der Waals surface area contributed by atoms with E-state index in [-0.39, 0.29) is 18.1 Å². The van der Waals surface area contributed by atoms with E-state index in [0.29, 0.717) is 23.8 Å². The predicted molar refractivity (Wildman–Crippen MR) is 93.8 cm³/mol. The highest BCUT2D eigenvalue weighted by atomic mass is 32.1. The lowest BCUT2D eigenvalue weighted by Crippen LogP contribution is -2.30. The molecule has 0 fully saturated rings. The van der Waals surface area contributed by atoms with Crippen LogP contribution in [0.25, 0.3) is 11.4 Å². The third-order valence-electron chi connectivity index (χ3n) is 3.48. The first-order chi connectivity index (χ1) is 12.5. The molecule has 0 bridgehead atoms. The van der Waals surface area contributed by atoms with Crippen molar-refractivity contribution in [3.05, 3.63) is 45.9 Å². The number of thiazole rings is 1. The maximum Gasteiger partial charge on any atom is 0.355 e. The fourth-order valence-electron chi connectivity index (χ4n) is 2.15. The number of nitrogens with one attached hydrogen (secondary N) is 1. The lowest BCUT2D eigenvalue weighted by atomic mass is 10.1. The average Bonchev–Trinajstić information content (AvgIpc) is 3.25. The van der Waals surface area contributed by atoms with Gasteiger partial charge < -0.3 is 10.4 Å². The van der Waals surface area contributed by atoms with Crippen LogP contribution in [-0.2, 0) is 17.8 Å². The van der Waals surface area contributed by atoms with E-state index in [1.54, 1.807) is 0 Å². The van der Waals surface area contributed by atoms with Crippen LogP contribution in [-0.4, -0.2) is 48.7 Å². The average molecular weight is 372 g/mol. The molecule has 2 heterocycles. The molecule has 26 heavy (non-hydrogen) atoms. The Morgan fingerprint density at radius 2 is 2.04 bits per heavy atom. The molecule has 0 unspecified atom stereocenters. The van der Waals surface area contributed by atoms with Gasteiger partial charge in [-0.1, -0.05) is 29.8 Å². The Kier molecular flexibility index (Phi) is 5.32. The van der Waals surface area contributed by atoms with Gasteiger partial charge in [0.1, 0.15) is 6.54 Å². The molecule has 0 aliphatic carbocycles. The van der Waals surface area contributed by atoms with Crippen LogP contribution >= 0.6 is 11.3 Å². The zero-order chi connectivity index (χ0) is 18.5. The predicted octanol–water partition coefficient (Wildman–Crippen LogP) is 1.16. The van der Waals surface area contributed by atoms with Crippen LogP contribution in [0.2, 0.25) is 0 Å². The van der Waals surface area contributed by atoms with E-state index in [1.807, 2.05) is 31.2 Å². The van der Waals surface area contributed by atoms with Crippen molar-refractivity contribution in [3.8, 4) is 11.4 Å². The van der Waals surface area contributed by atoms with Crippen LogP contribution in [0.5, 0.6) is 0 Å². The van der Waals surface area contributed by atoms with Crippen molar-refractivity contribution in [2.75, 3.05) is 6.54 Å². The molecule has 0 radical (unpaired) electrons. The molecule has 1 aromatic carbocycles. The quantitative estimate of drug-likeness (QED) is 0.638. The molecule has 2 N–H and O–H groups in total. The molecule has 3 rings (SSSR count). The number of carboxylic acid groups (broad SMARTS) is 1. The summed E-state index contributed by atoms with van der Waals surface area (Å²) in [5.41, 5.74) is 1.99. The number of rotatable bonds is 7. The lowest BCUT2D eigenvalue weighted by molar-refractivity contribution is -0.122. The minimum absolute atomic E-state index is 0.0202. The molecular formula is C16H16N6O3S. The van der Waals surface area contributed by atoms with Crippen molar-refractivity contribution in [1.29, 1.82) is 0 Å². The van der Waals surface area contributed by atoms with Gasteiger partial charge in [0, 0.05) is 23.9 Å². The summed E-state index contributed by atoms with van der Waals surface area (Å²) in [5.74, 6) is -0.854. The van der Waals surface area contributed by atoms with E-state index in [4.69, 9.17) is 5.11 Å². The minimum atomic E-state index is -1.06. The Hall–Kier alpha value is -3.14. The smallest absolute Gasteiger partial charge is 0.355 e. The molecule has 10 heteroatoms. The third-order valence-corrected chi connectivity index (χ3v) is 4.39. The first-order valence-corrected chi connectivity index (χ1v) is 8.68. The fourth-order valence-corrected chi connectivity index (χ4v) is 2.92. The Bertz CT molecular complexity index is 918. The fraction of sp³-hybridized carbons (Fsp3) is 0.250. The number of aromatic carboxylic acids is 1. The van der Waals surface area contributed by atoms with Gasteiger partial charge in [0.2, 0.25) is 11.7 Å². The second-order valence-corrected chi connectivity index (χ2v) is 6.48. The SMILES string of the molecule is Cc1ccc(-c2nnn(CC(=O)NCCc3nc(C(=O)O)cs3)n2)cc1. The number of aromatic nitrogens is 5. The number of amides is 1. The van der Waals surface area contributed by atoms with Gasteiger partial charge in [-0.2, -0.15) is 4.80 Å². The van der Waals surface area contributed by atoms with Gasteiger partial charge >= 0.3 is 5.97 Å². The lowest BCUT2D eigenvalue weighted by Gasteiger charge is -2.02. The van der Waals surface area contributed by atoms with Crippen LogP contribution in [0.1, 0.15) is 21.1 Å². The second kappa shape index (κ2) is 7.83. The van der Waals surface area contributed by atoms with E-state index in [1.165, 1.54) is 21.5 Å². The van der Waals surface area contributed by atoms with E-state index in [2.05, 4.69) is 25.7 Å². The molecule has 3 aromatic rings. The number of nitrogens with zero attached hydrogens (tertiary/aromatic N) is 5. The summed E-state index contributed by atoms with van der Waals surface area (Å²) in [7, 11) is 0. The van der Waals surface area contributed by atoms with E-state index < -0.39 is 5.97 Å². The molecular weight excluding hydrogens is 356 g/mol. The highest BCUT2D eigenvalue weighted by Crippen LogP contribution is 2.13. The van der Waals surface area contributed by atoms with Crippen LogP contribution in [0.4, 0.5) is 0 Å². The number of carboxylic acids is 1. The summed E-state index contributed by atoms with van der Waals surface area (Å²) in [4.78, 5) is 27.9. The molecule has 0 aliphatic rings. The van der Waals surface area contributed by atoms with Crippen molar-refractivity contribution in [2.24, 2.45) is 0 Å². The summed E-state index contributed by atoms with van der Waals surface area (Å²) < 4.78 is 0. The van der Waals surface area contributed by atoms with Crippen molar-refractivity contribution >= 4 is 23.2 Å². The summed E-state index contributed by atoms with van der Waals surface area (Å²) in [6, 6.07) is 7.71. The van der Waals surface area contributed by atoms with Gasteiger partial charge in [0.05, 0.1) is 5.01 Å². The number of hydrogen-bond donors (Lipinski definition) is 2. The normalized spacial score (nSPS) is 10.7. The van der Waals surface area contributed by atoms with E-state index in [0.717, 1.165) is 11.1 Å². The zero-order valence-electron chi connectivity index (χ0n) is 13.9. The molecule has 0 spiro atoms. The first kappa shape index (κ1) is 17.7. The molecule has 0 saturated heterocycles. The second-order valence-electron chi connectivity index (χ2n) is 5.54. The number of benzene rings is 1. The standard InChI is InChI=1S/C16H16N6O3S/c1-10-2-4-11(5-3-10)15-19-21-22(20-15)8-13(23)17-7-6-14-18-12(9-26-14)16(24)25/h2-5,9H,6-8H2,1H3,(H,17,23)(H,24,25). The van der Waals surface area contributed by atoms with Gasteiger partial charge in [0.25, 0.3) is 0 Å². The monoisotopic (exact) mass is 372 g/mol. The Morgan fingerprint density at radius 3 is 2.73 bits per heavy atom. The molecule has 0 atom stereocenters. The Labute approximate surface area is 152 Å². The molecule has 9 nitrogen and oxygen atoms in total. The minimum Gasteiger partial charge on any atom is -0.476 e.